The number of oxazole rings is 1. The third kappa shape index (κ3) is 4.21. The maximum Gasteiger partial charge on any atom is 0.329 e. The second-order valence-electron chi connectivity index (χ2n) is 7.19. The number of carboxylic acid groups (broad SMARTS) is 1. The zero-order chi connectivity index (χ0) is 19.3. The van der Waals surface area contributed by atoms with E-state index in [-0.39, 0.29) is 12.3 Å². The van der Waals surface area contributed by atoms with Gasteiger partial charge in [0.1, 0.15) is 5.54 Å². The van der Waals surface area contributed by atoms with Crippen molar-refractivity contribution in [2.45, 2.75) is 56.9 Å². The first-order valence-electron chi connectivity index (χ1n) is 9.53. The third-order valence-electron chi connectivity index (χ3n) is 5.49. The zero-order valence-corrected chi connectivity index (χ0v) is 15.7. The molecule has 0 unspecified atom stereocenters. The van der Waals surface area contributed by atoms with Gasteiger partial charge in [0.05, 0.1) is 6.20 Å². The minimum absolute atomic E-state index is 0.130. The van der Waals surface area contributed by atoms with Crippen molar-refractivity contribution in [3.8, 4) is 11.3 Å². The summed E-state index contributed by atoms with van der Waals surface area (Å²) in [7, 11) is 1.63. The fraction of sp³-hybridized carbons (Fsp3) is 0.476. The predicted octanol–water partition coefficient (Wildman–Crippen LogP) is 3.91. The molecule has 144 valence electrons. The van der Waals surface area contributed by atoms with Gasteiger partial charge in [-0.2, -0.15) is 0 Å². The molecule has 2 aromatic rings. The van der Waals surface area contributed by atoms with E-state index in [1.54, 1.807) is 13.2 Å². The summed E-state index contributed by atoms with van der Waals surface area (Å²) in [5, 5.41) is 9.70. The lowest BCUT2D eigenvalue weighted by atomic mass is 9.80. The number of hydrogen-bond donors (Lipinski definition) is 1. The topological polar surface area (TPSA) is 83.6 Å². The van der Waals surface area contributed by atoms with E-state index >= 15 is 0 Å². The molecule has 3 rings (SSSR count). The van der Waals surface area contributed by atoms with Crippen LogP contribution in [0.2, 0.25) is 0 Å². The quantitative estimate of drug-likeness (QED) is 0.799. The molecule has 1 aliphatic carbocycles. The van der Waals surface area contributed by atoms with Crippen molar-refractivity contribution in [3.63, 3.8) is 0 Å². The lowest BCUT2D eigenvalue weighted by Crippen LogP contribution is -2.56. The number of carbonyl (C=O) groups excluding carboxylic acids is 1. The highest BCUT2D eigenvalue weighted by atomic mass is 16.4. The Bertz CT molecular complexity index is 778. The molecule has 0 aliphatic heterocycles. The van der Waals surface area contributed by atoms with Crippen LogP contribution in [0, 0.1) is 0 Å². The molecular weight excluding hydrogens is 344 g/mol. The van der Waals surface area contributed by atoms with Gasteiger partial charge in [0.2, 0.25) is 5.91 Å². The van der Waals surface area contributed by atoms with Gasteiger partial charge in [-0.05, 0) is 19.3 Å². The van der Waals surface area contributed by atoms with E-state index in [2.05, 4.69) is 4.98 Å². The summed E-state index contributed by atoms with van der Waals surface area (Å²) in [5.41, 5.74) is -0.0774. The second kappa shape index (κ2) is 8.37. The number of benzene rings is 1. The molecule has 1 N–H and O–H groups in total. The first kappa shape index (κ1) is 19.1. The number of hydrogen-bond acceptors (Lipinski definition) is 4. The van der Waals surface area contributed by atoms with Gasteiger partial charge in [0, 0.05) is 25.5 Å². The lowest BCUT2D eigenvalue weighted by Gasteiger charge is -2.41. The van der Waals surface area contributed by atoms with Crippen LogP contribution in [0.1, 0.15) is 50.8 Å². The molecule has 1 aliphatic rings. The van der Waals surface area contributed by atoms with Gasteiger partial charge in [-0.15, -0.1) is 0 Å². The van der Waals surface area contributed by atoms with Crippen LogP contribution in [0.5, 0.6) is 0 Å². The van der Waals surface area contributed by atoms with Gasteiger partial charge in [-0.1, -0.05) is 49.6 Å². The molecule has 0 radical (unpaired) electrons. The van der Waals surface area contributed by atoms with Crippen molar-refractivity contribution in [2.24, 2.45) is 0 Å². The van der Waals surface area contributed by atoms with Crippen molar-refractivity contribution in [3.05, 3.63) is 42.4 Å². The standard InChI is InChI=1S/C21H26N2O4/c1-23(21(20(25)26)13-6-3-7-14-21)19(24)12-8-11-18-22-15-17(27-18)16-9-4-2-5-10-16/h2,4-5,9-10,15H,3,6-8,11-14H2,1H3,(H,25,26). The smallest absolute Gasteiger partial charge is 0.329 e. The zero-order valence-electron chi connectivity index (χ0n) is 15.7. The molecule has 1 amide bonds. The Labute approximate surface area is 159 Å². The molecule has 1 saturated carbocycles. The average molecular weight is 370 g/mol. The van der Waals surface area contributed by atoms with Crippen LogP contribution in [0.4, 0.5) is 0 Å². The number of aromatic nitrogens is 1. The summed E-state index contributed by atoms with van der Waals surface area (Å²) in [6, 6.07) is 9.74. The van der Waals surface area contributed by atoms with E-state index in [1.165, 1.54) is 4.90 Å². The van der Waals surface area contributed by atoms with E-state index in [1.807, 2.05) is 30.3 Å². The molecule has 0 bridgehead atoms. The van der Waals surface area contributed by atoms with Crippen LogP contribution >= 0.6 is 0 Å². The van der Waals surface area contributed by atoms with Crippen LogP contribution in [-0.2, 0) is 16.0 Å². The Morgan fingerprint density at radius 2 is 1.89 bits per heavy atom. The van der Waals surface area contributed by atoms with Crippen molar-refractivity contribution in [1.29, 1.82) is 0 Å². The van der Waals surface area contributed by atoms with Crippen LogP contribution in [0.15, 0.2) is 40.9 Å². The van der Waals surface area contributed by atoms with Crippen molar-refractivity contribution >= 4 is 11.9 Å². The fourth-order valence-electron chi connectivity index (χ4n) is 3.79. The summed E-state index contributed by atoms with van der Waals surface area (Å²) in [4.78, 5) is 30.2. The summed E-state index contributed by atoms with van der Waals surface area (Å²) in [6.07, 6.45) is 6.90. The Kier molecular flexibility index (Phi) is 5.94. The number of nitrogens with zero attached hydrogens (tertiary/aromatic N) is 2. The summed E-state index contributed by atoms with van der Waals surface area (Å²) < 4.78 is 5.76. The molecular formula is C21H26N2O4. The third-order valence-corrected chi connectivity index (χ3v) is 5.49. The highest BCUT2D eigenvalue weighted by Crippen LogP contribution is 2.34. The number of amides is 1. The van der Waals surface area contributed by atoms with E-state index in [0.717, 1.165) is 24.8 Å². The molecule has 6 heteroatoms. The van der Waals surface area contributed by atoms with Crippen LogP contribution < -0.4 is 0 Å². The fourth-order valence-corrected chi connectivity index (χ4v) is 3.79. The predicted molar refractivity (Wildman–Crippen MR) is 101 cm³/mol. The van der Waals surface area contributed by atoms with Gasteiger partial charge in [0.25, 0.3) is 0 Å². The highest BCUT2D eigenvalue weighted by molar-refractivity contribution is 5.87. The number of aliphatic carboxylic acids is 1. The average Bonchev–Trinajstić information content (AvgIpc) is 3.17. The molecule has 0 saturated heterocycles. The van der Waals surface area contributed by atoms with Crippen molar-refractivity contribution in [1.82, 2.24) is 9.88 Å². The Morgan fingerprint density at radius 3 is 2.56 bits per heavy atom. The van der Waals surface area contributed by atoms with Crippen LogP contribution in [0.3, 0.4) is 0 Å². The maximum atomic E-state index is 12.6. The first-order valence-corrected chi connectivity index (χ1v) is 9.53. The van der Waals surface area contributed by atoms with Crippen LogP contribution in [-0.4, -0.2) is 39.5 Å². The Morgan fingerprint density at radius 1 is 1.19 bits per heavy atom. The van der Waals surface area contributed by atoms with Gasteiger partial charge in [-0.25, -0.2) is 9.78 Å². The normalized spacial score (nSPS) is 16.0. The van der Waals surface area contributed by atoms with E-state index in [4.69, 9.17) is 4.42 Å². The summed E-state index contributed by atoms with van der Waals surface area (Å²) in [6.45, 7) is 0. The van der Waals surface area contributed by atoms with Gasteiger partial charge < -0.3 is 14.4 Å². The van der Waals surface area contributed by atoms with E-state index < -0.39 is 11.5 Å². The SMILES string of the molecule is CN(C(=O)CCCc1ncc(-c2ccccc2)o1)C1(C(=O)O)CCCCC1. The van der Waals surface area contributed by atoms with Gasteiger partial charge in [-0.3, -0.25) is 4.79 Å². The molecule has 6 nitrogen and oxygen atoms in total. The monoisotopic (exact) mass is 370 g/mol. The minimum atomic E-state index is -1.04. The van der Waals surface area contributed by atoms with Crippen molar-refractivity contribution in [2.75, 3.05) is 7.05 Å². The minimum Gasteiger partial charge on any atom is -0.479 e. The maximum absolute atomic E-state index is 12.6. The van der Waals surface area contributed by atoms with Crippen molar-refractivity contribution < 1.29 is 19.1 Å². The molecule has 1 aromatic heterocycles. The number of aryl methyl sites for hydroxylation is 1. The molecule has 1 heterocycles. The highest BCUT2D eigenvalue weighted by Gasteiger charge is 2.45. The molecule has 0 atom stereocenters. The number of likely N-dealkylation sites (N-methyl/N-ethyl adjacent to an activating group) is 1. The Hall–Kier alpha value is -2.63. The van der Waals surface area contributed by atoms with E-state index in [9.17, 15) is 14.7 Å². The summed E-state index contributed by atoms with van der Waals surface area (Å²) >= 11 is 0. The largest absolute Gasteiger partial charge is 0.479 e. The van der Waals surface area contributed by atoms with Gasteiger partial charge >= 0.3 is 5.97 Å². The molecule has 0 spiro atoms. The lowest BCUT2D eigenvalue weighted by molar-refractivity contribution is -0.160. The Balaban J connectivity index is 1.55. The number of carbonyl (C=O) groups is 2. The second-order valence-corrected chi connectivity index (χ2v) is 7.19. The van der Waals surface area contributed by atoms with Crippen LogP contribution in [0.25, 0.3) is 11.3 Å². The molecule has 1 fully saturated rings. The number of rotatable bonds is 7. The summed E-state index contributed by atoms with van der Waals surface area (Å²) in [5.74, 6) is 0.281. The molecule has 27 heavy (non-hydrogen) atoms. The van der Waals surface area contributed by atoms with Gasteiger partial charge in [0.15, 0.2) is 11.7 Å². The molecule has 1 aromatic carbocycles. The van der Waals surface area contributed by atoms with E-state index in [0.29, 0.717) is 37.3 Å². The first-order chi connectivity index (χ1) is 13.0. The number of carboxylic acids is 1.